The molecule has 0 spiro atoms. The maximum absolute atomic E-state index is 11.3. The van der Waals surface area contributed by atoms with E-state index in [9.17, 15) is 4.79 Å². The average molecular weight is 206 g/mol. The fourth-order valence-electron chi connectivity index (χ4n) is 0.861. The van der Waals surface area contributed by atoms with E-state index in [0.717, 1.165) is 0 Å². The zero-order valence-electron chi connectivity index (χ0n) is 8.56. The maximum Gasteiger partial charge on any atom is 0.325 e. The van der Waals surface area contributed by atoms with E-state index < -0.39 is 5.54 Å². The summed E-state index contributed by atoms with van der Waals surface area (Å²) in [5, 5.41) is 0.500. The van der Waals surface area contributed by atoms with Crippen LogP contribution in [-0.4, -0.2) is 37.1 Å². The van der Waals surface area contributed by atoms with E-state index in [2.05, 4.69) is 11.3 Å². The molecule has 0 unspecified atom stereocenters. The Bertz CT molecular complexity index is 214. The van der Waals surface area contributed by atoms with Crippen molar-refractivity contribution in [2.75, 3.05) is 20.7 Å². The van der Waals surface area contributed by atoms with Gasteiger partial charge in [0.05, 0.1) is 7.11 Å². The zero-order chi connectivity index (χ0) is 10.6. The molecule has 4 heteroatoms. The fourth-order valence-corrected chi connectivity index (χ4v) is 1.04. The van der Waals surface area contributed by atoms with Crippen molar-refractivity contribution >= 4 is 17.6 Å². The Labute approximate surface area is 84.3 Å². The molecule has 13 heavy (non-hydrogen) atoms. The molecule has 0 saturated carbocycles. The van der Waals surface area contributed by atoms with Crippen LogP contribution in [0.3, 0.4) is 0 Å². The first-order valence-corrected chi connectivity index (χ1v) is 4.33. The van der Waals surface area contributed by atoms with Crippen LogP contribution < -0.4 is 0 Å². The van der Waals surface area contributed by atoms with Crippen LogP contribution in [0.25, 0.3) is 0 Å². The Hall–Kier alpha value is -0.540. The highest BCUT2D eigenvalue weighted by Gasteiger charge is 2.33. The summed E-state index contributed by atoms with van der Waals surface area (Å²) in [6, 6.07) is 0. The summed E-state index contributed by atoms with van der Waals surface area (Å²) in [5.41, 5.74) is -0.674. The van der Waals surface area contributed by atoms with Crippen molar-refractivity contribution < 1.29 is 9.53 Å². The normalized spacial score (nSPS) is 11.5. The van der Waals surface area contributed by atoms with Gasteiger partial charge < -0.3 is 4.74 Å². The number of rotatable bonds is 4. The summed E-state index contributed by atoms with van der Waals surface area (Å²) in [6.45, 7) is 7.58. The standard InChI is InChI=1S/C9H16ClNO2/c1-7(10)6-11(4)9(2,3)8(12)13-5/h1,6H2,2-5H3. The minimum atomic E-state index is -0.674. The summed E-state index contributed by atoms with van der Waals surface area (Å²) < 4.78 is 4.66. The molecular weight excluding hydrogens is 190 g/mol. The van der Waals surface area contributed by atoms with E-state index in [1.807, 2.05) is 0 Å². The summed E-state index contributed by atoms with van der Waals surface area (Å²) in [4.78, 5) is 13.1. The second-order valence-corrected chi connectivity index (χ2v) is 3.96. The molecule has 0 fully saturated rings. The van der Waals surface area contributed by atoms with Gasteiger partial charge in [0.2, 0.25) is 0 Å². The minimum Gasteiger partial charge on any atom is -0.468 e. The highest BCUT2D eigenvalue weighted by atomic mass is 35.5. The zero-order valence-corrected chi connectivity index (χ0v) is 9.31. The Morgan fingerprint density at radius 3 is 2.38 bits per heavy atom. The first-order chi connectivity index (χ1) is 5.82. The lowest BCUT2D eigenvalue weighted by molar-refractivity contribution is -0.152. The quantitative estimate of drug-likeness (QED) is 0.654. The van der Waals surface area contributed by atoms with Gasteiger partial charge in [-0.1, -0.05) is 18.2 Å². The van der Waals surface area contributed by atoms with E-state index in [4.69, 9.17) is 11.6 Å². The molecule has 0 aromatic rings. The third-order valence-corrected chi connectivity index (χ3v) is 2.17. The molecular formula is C9H16ClNO2. The third-order valence-electron chi connectivity index (χ3n) is 2.05. The lowest BCUT2D eigenvalue weighted by Gasteiger charge is -2.32. The van der Waals surface area contributed by atoms with Gasteiger partial charge >= 0.3 is 5.97 Å². The predicted molar refractivity (Wildman–Crippen MR) is 53.7 cm³/mol. The monoisotopic (exact) mass is 205 g/mol. The van der Waals surface area contributed by atoms with E-state index in [1.165, 1.54) is 7.11 Å². The molecule has 0 bridgehead atoms. The van der Waals surface area contributed by atoms with Gasteiger partial charge in [-0.25, -0.2) is 0 Å². The van der Waals surface area contributed by atoms with Gasteiger partial charge in [0.1, 0.15) is 5.54 Å². The number of likely N-dealkylation sites (N-methyl/N-ethyl adjacent to an activating group) is 1. The van der Waals surface area contributed by atoms with Gasteiger partial charge in [0.25, 0.3) is 0 Å². The van der Waals surface area contributed by atoms with Crippen LogP contribution in [0.5, 0.6) is 0 Å². The van der Waals surface area contributed by atoms with Crippen LogP contribution in [-0.2, 0) is 9.53 Å². The van der Waals surface area contributed by atoms with Gasteiger partial charge in [-0.2, -0.15) is 0 Å². The number of carbonyl (C=O) groups is 1. The number of hydrogen-bond acceptors (Lipinski definition) is 3. The third kappa shape index (κ3) is 3.36. The van der Waals surface area contributed by atoms with Gasteiger partial charge in [-0.05, 0) is 20.9 Å². The molecule has 0 aliphatic carbocycles. The van der Waals surface area contributed by atoms with E-state index in [1.54, 1.807) is 25.8 Å². The number of ether oxygens (including phenoxy) is 1. The first kappa shape index (κ1) is 12.5. The number of methoxy groups -OCH3 is 1. The molecule has 0 radical (unpaired) electrons. The van der Waals surface area contributed by atoms with Crippen LogP contribution in [0.4, 0.5) is 0 Å². The van der Waals surface area contributed by atoms with Crippen molar-refractivity contribution in [1.82, 2.24) is 4.90 Å². The van der Waals surface area contributed by atoms with Crippen molar-refractivity contribution in [3.05, 3.63) is 11.6 Å². The van der Waals surface area contributed by atoms with E-state index in [-0.39, 0.29) is 5.97 Å². The van der Waals surface area contributed by atoms with Crippen molar-refractivity contribution in [3.8, 4) is 0 Å². The fraction of sp³-hybridized carbons (Fsp3) is 0.667. The highest BCUT2D eigenvalue weighted by Crippen LogP contribution is 2.16. The molecule has 0 aliphatic heterocycles. The largest absolute Gasteiger partial charge is 0.468 e. The van der Waals surface area contributed by atoms with Gasteiger partial charge in [-0.15, -0.1) is 0 Å². The van der Waals surface area contributed by atoms with Crippen LogP contribution >= 0.6 is 11.6 Å². The Morgan fingerprint density at radius 1 is 1.62 bits per heavy atom. The number of nitrogens with zero attached hydrogens (tertiary/aromatic N) is 1. The number of halogens is 1. The lowest BCUT2D eigenvalue weighted by atomic mass is 10.0. The van der Waals surface area contributed by atoms with Crippen LogP contribution in [0.1, 0.15) is 13.8 Å². The van der Waals surface area contributed by atoms with Gasteiger partial charge in [-0.3, -0.25) is 9.69 Å². The molecule has 76 valence electrons. The smallest absolute Gasteiger partial charge is 0.325 e. The Morgan fingerprint density at radius 2 is 2.08 bits per heavy atom. The van der Waals surface area contributed by atoms with E-state index in [0.29, 0.717) is 11.6 Å². The maximum atomic E-state index is 11.3. The molecule has 0 N–H and O–H groups in total. The number of hydrogen-bond donors (Lipinski definition) is 0. The molecule has 3 nitrogen and oxygen atoms in total. The predicted octanol–water partition coefficient (Wildman–Crippen LogP) is 1.62. The summed E-state index contributed by atoms with van der Waals surface area (Å²) in [7, 11) is 3.16. The van der Waals surface area contributed by atoms with Crippen molar-refractivity contribution in [2.24, 2.45) is 0 Å². The Balaban J connectivity index is 4.43. The van der Waals surface area contributed by atoms with Crippen molar-refractivity contribution in [3.63, 3.8) is 0 Å². The number of carbonyl (C=O) groups excluding carboxylic acids is 1. The van der Waals surface area contributed by atoms with Crippen LogP contribution in [0.2, 0.25) is 0 Å². The minimum absolute atomic E-state index is 0.284. The molecule has 0 atom stereocenters. The molecule has 0 saturated heterocycles. The SMILES string of the molecule is C=C(Cl)CN(C)C(C)(C)C(=O)OC. The van der Waals surface area contributed by atoms with Crippen LogP contribution in [0.15, 0.2) is 11.6 Å². The van der Waals surface area contributed by atoms with E-state index >= 15 is 0 Å². The second kappa shape index (κ2) is 4.63. The molecule has 0 aliphatic rings. The van der Waals surface area contributed by atoms with Crippen LogP contribution in [0, 0.1) is 0 Å². The molecule has 0 aromatic heterocycles. The molecule has 0 aromatic carbocycles. The average Bonchev–Trinajstić information content (AvgIpc) is 2.01. The Kier molecular flexibility index (Phi) is 4.44. The molecule has 0 heterocycles. The van der Waals surface area contributed by atoms with Gasteiger partial charge in [0, 0.05) is 11.6 Å². The summed E-state index contributed by atoms with van der Waals surface area (Å²) >= 11 is 5.64. The second-order valence-electron chi connectivity index (χ2n) is 3.42. The summed E-state index contributed by atoms with van der Waals surface area (Å²) in [6.07, 6.45) is 0. The summed E-state index contributed by atoms with van der Waals surface area (Å²) in [5.74, 6) is -0.284. The highest BCUT2D eigenvalue weighted by molar-refractivity contribution is 6.29. The molecule has 0 amide bonds. The van der Waals surface area contributed by atoms with Crippen molar-refractivity contribution in [1.29, 1.82) is 0 Å². The molecule has 0 rings (SSSR count). The number of esters is 1. The van der Waals surface area contributed by atoms with Crippen molar-refractivity contribution in [2.45, 2.75) is 19.4 Å². The first-order valence-electron chi connectivity index (χ1n) is 3.95. The van der Waals surface area contributed by atoms with Gasteiger partial charge in [0.15, 0.2) is 0 Å². The topological polar surface area (TPSA) is 29.5 Å². The lowest BCUT2D eigenvalue weighted by Crippen LogP contribution is -2.48.